The van der Waals surface area contributed by atoms with Crippen molar-refractivity contribution in [3.63, 3.8) is 0 Å². The van der Waals surface area contributed by atoms with Crippen molar-refractivity contribution in [1.29, 1.82) is 0 Å². The number of aromatic carboxylic acids is 2. The van der Waals surface area contributed by atoms with Gasteiger partial charge in [0.05, 0.1) is 28.0 Å². The summed E-state index contributed by atoms with van der Waals surface area (Å²) >= 11 is 7.07. The van der Waals surface area contributed by atoms with Crippen molar-refractivity contribution in [2.24, 2.45) is 0 Å². The first-order valence-corrected chi connectivity index (χ1v) is 20.8. The Labute approximate surface area is 315 Å². The van der Waals surface area contributed by atoms with Crippen LogP contribution in [0.3, 0.4) is 0 Å². The van der Waals surface area contributed by atoms with Crippen LogP contribution in [-0.4, -0.2) is 83.0 Å². The number of carboxylic acid groups (broad SMARTS) is 2. The predicted molar refractivity (Wildman–Crippen MR) is 204 cm³/mol. The first kappa shape index (κ1) is 40.1. The van der Waals surface area contributed by atoms with Crippen LogP contribution in [-0.2, 0) is 31.1 Å². The van der Waals surface area contributed by atoms with Gasteiger partial charge in [0.1, 0.15) is 6.54 Å². The minimum absolute atomic E-state index is 0.134. The van der Waals surface area contributed by atoms with E-state index >= 15 is 0 Å². The van der Waals surface area contributed by atoms with Crippen LogP contribution < -0.4 is 4.90 Å². The molecule has 0 aromatic heterocycles. The molecule has 0 spiro atoms. The smallest absolute Gasteiger partial charge is 0.335 e. The summed E-state index contributed by atoms with van der Waals surface area (Å²) in [5.41, 5.74) is 5.39. The van der Waals surface area contributed by atoms with Crippen molar-refractivity contribution in [1.82, 2.24) is 0 Å². The molecule has 2 aromatic rings. The highest BCUT2D eigenvalue weighted by molar-refractivity contribution is 7.86. The molecule has 2 aliphatic heterocycles. The molecular formula is C38H44ClN2O10S2+. The first-order valence-electron chi connectivity index (χ1n) is 17.2. The van der Waals surface area contributed by atoms with E-state index in [2.05, 4.69) is 0 Å². The minimum atomic E-state index is -4.18. The molecule has 4 N–H and O–H groups in total. The van der Waals surface area contributed by atoms with Crippen molar-refractivity contribution in [3.8, 4) is 0 Å². The molecule has 2 aromatic carbocycles. The lowest BCUT2D eigenvalue weighted by molar-refractivity contribution is -0.437. The molecule has 0 bridgehead atoms. The van der Waals surface area contributed by atoms with Gasteiger partial charge in [0.25, 0.3) is 20.2 Å². The molecule has 284 valence electrons. The lowest BCUT2D eigenvalue weighted by Gasteiger charge is -2.27. The van der Waals surface area contributed by atoms with Gasteiger partial charge >= 0.3 is 11.9 Å². The lowest BCUT2D eigenvalue weighted by Crippen LogP contribution is -2.28. The lowest BCUT2D eigenvalue weighted by atomic mass is 9.80. The number of hydrogen-bond acceptors (Lipinski definition) is 7. The van der Waals surface area contributed by atoms with Crippen LogP contribution in [0.25, 0.3) is 0 Å². The van der Waals surface area contributed by atoms with Crippen LogP contribution in [0.2, 0.25) is 0 Å². The molecule has 0 radical (unpaired) electrons. The minimum Gasteiger partial charge on any atom is -0.478 e. The number of nitrogens with zero attached hydrogens (tertiary/aromatic N) is 2. The normalized spacial score (nSPS) is 19.8. The molecule has 3 aliphatic rings. The summed E-state index contributed by atoms with van der Waals surface area (Å²) in [5.74, 6) is -2.97. The second-order valence-corrected chi connectivity index (χ2v) is 18.1. The van der Waals surface area contributed by atoms with Crippen molar-refractivity contribution < 1.29 is 50.3 Å². The van der Waals surface area contributed by atoms with Crippen LogP contribution in [0.1, 0.15) is 91.6 Å². The summed E-state index contributed by atoms with van der Waals surface area (Å²) in [7, 11) is -8.37. The van der Waals surface area contributed by atoms with Gasteiger partial charge in [0, 0.05) is 52.5 Å². The Morgan fingerprint density at radius 2 is 1.43 bits per heavy atom. The average Bonchev–Trinajstić information content (AvgIpc) is 3.40. The number of anilines is 1. The Bertz CT molecular complexity index is 2250. The number of hydrogen-bond donors (Lipinski definition) is 4. The van der Waals surface area contributed by atoms with Crippen molar-refractivity contribution in [2.75, 3.05) is 29.5 Å². The van der Waals surface area contributed by atoms with Gasteiger partial charge in [-0.25, -0.2) is 9.59 Å². The number of carbonyl (C=O) groups is 2. The van der Waals surface area contributed by atoms with Gasteiger partial charge in [-0.3, -0.25) is 9.11 Å². The van der Waals surface area contributed by atoms with Crippen molar-refractivity contribution in [2.45, 2.75) is 70.6 Å². The third-order valence-electron chi connectivity index (χ3n) is 10.2. The van der Waals surface area contributed by atoms with Crippen LogP contribution in [0.15, 0.2) is 82.6 Å². The zero-order chi connectivity index (χ0) is 39.1. The zero-order valence-electron chi connectivity index (χ0n) is 30.0. The molecule has 0 amide bonds. The van der Waals surface area contributed by atoms with E-state index < -0.39 is 54.5 Å². The molecule has 5 rings (SSSR count). The third-order valence-corrected chi connectivity index (χ3v) is 12.3. The van der Waals surface area contributed by atoms with Crippen LogP contribution in [0.5, 0.6) is 0 Å². The molecule has 2 heterocycles. The Kier molecular flexibility index (Phi) is 11.3. The van der Waals surface area contributed by atoms with Gasteiger partial charge in [-0.2, -0.15) is 21.4 Å². The maximum atomic E-state index is 11.8. The molecule has 12 nitrogen and oxygen atoms in total. The Morgan fingerprint density at radius 3 is 2.06 bits per heavy atom. The van der Waals surface area contributed by atoms with E-state index in [4.69, 9.17) is 11.6 Å². The van der Waals surface area contributed by atoms with E-state index in [0.29, 0.717) is 17.9 Å². The molecule has 15 heteroatoms. The number of fused-ring (bicyclic) bond motifs is 2. The standard InChI is InChI=1S/C38H43ClN2O10S2/c1-37(2)28-22-26(35(42)43)10-14-30(28)40(18-6-20-52(46,47)48)32(37)16-12-24-8-5-9-25(34(24)39)13-17-33-38(3,4)29-23-27(36(44)45)11-15-31(29)41(33)19-7-21-53(49,50)51/h10-17,22-23H,5-9,18-21H2,1-4H3,(H3-,42,43,44,45,46,47,48,49,50,51)/p+1. The van der Waals surface area contributed by atoms with Crippen molar-refractivity contribution >= 4 is 60.9 Å². The SMILES string of the molecule is CC1(C)C(=CC=C2CCCC(C=CC3=[N+](CCCS(=O)(=O)O)c4ccc(C(=O)O)cc4C3(C)C)=C2Cl)N(CCCS(=O)(=O)O)c2ccc(C(=O)O)cc21. The maximum absolute atomic E-state index is 11.8. The van der Waals surface area contributed by atoms with Gasteiger partial charge < -0.3 is 15.1 Å². The first-order chi connectivity index (χ1) is 24.6. The van der Waals surface area contributed by atoms with Gasteiger partial charge in [0.15, 0.2) is 5.71 Å². The van der Waals surface area contributed by atoms with E-state index in [1.165, 1.54) is 12.1 Å². The molecule has 53 heavy (non-hydrogen) atoms. The highest BCUT2D eigenvalue weighted by Crippen LogP contribution is 2.48. The van der Waals surface area contributed by atoms with Crippen LogP contribution >= 0.6 is 11.6 Å². The molecular weight excluding hydrogens is 744 g/mol. The quantitative estimate of drug-likeness (QED) is 0.123. The van der Waals surface area contributed by atoms with Crippen molar-refractivity contribution in [3.05, 3.63) is 105 Å². The van der Waals surface area contributed by atoms with Gasteiger partial charge in [-0.1, -0.05) is 37.6 Å². The molecule has 0 fully saturated rings. The van der Waals surface area contributed by atoms with E-state index in [1.807, 2.05) is 61.5 Å². The number of benzene rings is 2. The third kappa shape index (κ3) is 8.68. The molecule has 0 unspecified atom stereocenters. The summed E-state index contributed by atoms with van der Waals surface area (Å²) in [6.45, 7) is 8.41. The highest BCUT2D eigenvalue weighted by Gasteiger charge is 2.45. The Hall–Kier alpha value is -4.08. The van der Waals surface area contributed by atoms with Gasteiger partial charge in [-0.05, 0) is 92.6 Å². The summed E-state index contributed by atoms with van der Waals surface area (Å²) < 4.78 is 66.7. The largest absolute Gasteiger partial charge is 0.478 e. The monoisotopic (exact) mass is 787 g/mol. The van der Waals surface area contributed by atoms with E-state index in [-0.39, 0.29) is 37.1 Å². The van der Waals surface area contributed by atoms with E-state index in [1.54, 1.807) is 24.3 Å². The summed E-state index contributed by atoms with van der Waals surface area (Å²) in [4.78, 5) is 25.6. The zero-order valence-corrected chi connectivity index (χ0v) is 32.4. The molecule has 0 atom stereocenters. The second kappa shape index (κ2) is 15.0. The summed E-state index contributed by atoms with van der Waals surface area (Å²) in [5, 5.41) is 19.9. The fourth-order valence-corrected chi connectivity index (χ4v) is 8.78. The molecule has 1 aliphatic carbocycles. The molecule has 0 saturated heterocycles. The fourth-order valence-electron chi connectivity index (χ4n) is 7.48. The van der Waals surface area contributed by atoms with Crippen LogP contribution in [0.4, 0.5) is 11.4 Å². The summed E-state index contributed by atoms with van der Waals surface area (Å²) in [6.07, 6.45) is 10.2. The Morgan fingerprint density at radius 1 is 0.830 bits per heavy atom. The number of allylic oxidation sites excluding steroid dienone is 8. The number of halogens is 1. The fraction of sp³-hybridized carbons (Fsp3) is 0.395. The number of carboxylic acids is 2. The van der Waals surface area contributed by atoms with Gasteiger partial charge in [-0.15, -0.1) is 0 Å². The van der Waals surface area contributed by atoms with Gasteiger partial charge in [0.2, 0.25) is 5.69 Å². The van der Waals surface area contributed by atoms with E-state index in [9.17, 15) is 45.7 Å². The highest BCUT2D eigenvalue weighted by atomic mass is 35.5. The predicted octanol–water partition coefficient (Wildman–Crippen LogP) is 6.86. The van der Waals surface area contributed by atoms with Crippen LogP contribution in [0, 0.1) is 0 Å². The Balaban J connectivity index is 1.52. The topological polar surface area (TPSA) is 190 Å². The number of rotatable bonds is 13. The molecule has 0 saturated carbocycles. The van der Waals surface area contributed by atoms with E-state index in [0.717, 1.165) is 51.5 Å². The maximum Gasteiger partial charge on any atom is 0.335 e. The summed E-state index contributed by atoms with van der Waals surface area (Å²) in [6, 6.07) is 9.72. The average molecular weight is 788 g/mol. The second-order valence-electron chi connectivity index (χ2n) is 14.6.